The average molecular weight is 353 g/mol. The summed E-state index contributed by atoms with van der Waals surface area (Å²) in [4.78, 5) is 19.8. The van der Waals surface area contributed by atoms with E-state index in [2.05, 4.69) is 49.2 Å². The standard InChI is InChI=1S/C21H27N3O2/c1-13-5-6-16-14(2)11-18(23-19(16)15(13)3)24-10-7-17(25)21(12-24)8-4-9-22-20(21)26/h5-6,11,17,25H,4,7-10,12H2,1-3H3,(H,22,26)/t17-,21+/m0/s1. The van der Waals surface area contributed by atoms with Crippen molar-refractivity contribution in [2.45, 2.75) is 46.1 Å². The third-order valence-corrected chi connectivity index (χ3v) is 6.34. The number of piperidine rings is 2. The first kappa shape index (κ1) is 17.3. The first-order chi connectivity index (χ1) is 12.4. The number of benzene rings is 1. The molecule has 2 atom stereocenters. The second-order valence-electron chi connectivity index (χ2n) is 7.94. The van der Waals surface area contributed by atoms with Crippen LogP contribution in [0.3, 0.4) is 0 Å². The molecule has 0 radical (unpaired) electrons. The van der Waals surface area contributed by atoms with Crippen LogP contribution in [0.15, 0.2) is 18.2 Å². The fourth-order valence-corrected chi connectivity index (χ4v) is 4.48. The van der Waals surface area contributed by atoms with E-state index in [-0.39, 0.29) is 5.91 Å². The van der Waals surface area contributed by atoms with Gasteiger partial charge in [0.05, 0.1) is 17.0 Å². The molecule has 1 aromatic heterocycles. The molecule has 0 aliphatic carbocycles. The molecule has 4 rings (SSSR count). The quantitative estimate of drug-likeness (QED) is 0.827. The van der Waals surface area contributed by atoms with Gasteiger partial charge < -0.3 is 15.3 Å². The van der Waals surface area contributed by atoms with Crippen LogP contribution < -0.4 is 10.2 Å². The predicted octanol–water partition coefficient (Wildman–Crippen LogP) is 2.63. The number of aliphatic hydroxyl groups excluding tert-OH is 1. The minimum Gasteiger partial charge on any atom is -0.392 e. The van der Waals surface area contributed by atoms with E-state index < -0.39 is 11.5 Å². The van der Waals surface area contributed by atoms with E-state index >= 15 is 0 Å². The number of aliphatic hydroxyl groups is 1. The van der Waals surface area contributed by atoms with Gasteiger partial charge in [0, 0.05) is 25.0 Å². The Morgan fingerprint density at radius 3 is 2.85 bits per heavy atom. The molecule has 2 aliphatic heterocycles. The summed E-state index contributed by atoms with van der Waals surface area (Å²) in [5.41, 5.74) is 3.96. The maximum absolute atomic E-state index is 12.6. The molecule has 0 bridgehead atoms. The van der Waals surface area contributed by atoms with Gasteiger partial charge in [0.1, 0.15) is 5.82 Å². The normalized spacial score (nSPS) is 26.4. The van der Waals surface area contributed by atoms with Gasteiger partial charge in [0.25, 0.3) is 0 Å². The Labute approximate surface area is 154 Å². The SMILES string of the molecule is Cc1ccc2c(C)cc(N3CC[C@H](O)[C@@]4(CCCNC4=O)C3)nc2c1C. The third kappa shape index (κ3) is 2.57. The number of anilines is 1. The second kappa shape index (κ2) is 6.23. The Morgan fingerprint density at radius 2 is 2.08 bits per heavy atom. The smallest absolute Gasteiger partial charge is 0.230 e. The van der Waals surface area contributed by atoms with Crippen molar-refractivity contribution >= 4 is 22.6 Å². The summed E-state index contributed by atoms with van der Waals surface area (Å²) >= 11 is 0. The number of amides is 1. The highest BCUT2D eigenvalue weighted by Gasteiger charge is 2.50. The largest absolute Gasteiger partial charge is 0.392 e. The minimum atomic E-state index is -0.706. The average Bonchev–Trinajstić information content (AvgIpc) is 2.63. The molecule has 0 unspecified atom stereocenters. The van der Waals surface area contributed by atoms with Gasteiger partial charge in [-0.2, -0.15) is 0 Å². The van der Waals surface area contributed by atoms with E-state index in [0.29, 0.717) is 19.5 Å². The Kier molecular flexibility index (Phi) is 4.14. The van der Waals surface area contributed by atoms with Gasteiger partial charge in [0.2, 0.25) is 5.91 Å². The highest BCUT2D eigenvalue weighted by atomic mass is 16.3. The van der Waals surface area contributed by atoms with Gasteiger partial charge in [0.15, 0.2) is 0 Å². The first-order valence-corrected chi connectivity index (χ1v) is 9.51. The van der Waals surface area contributed by atoms with Crippen LogP contribution in [0, 0.1) is 26.2 Å². The highest BCUT2D eigenvalue weighted by Crippen LogP contribution is 2.39. The zero-order valence-electron chi connectivity index (χ0n) is 15.8. The summed E-state index contributed by atoms with van der Waals surface area (Å²) < 4.78 is 0. The number of aryl methyl sites for hydroxylation is 3. The van der Waals surface area contributed by atoms with E-state index in [0.717, 1.165) is 30.7 Å². The van der Waals surface area contributed by atoms with Crippen LogP contribution in [-0.2, 0) is 4.79 Å². The Hall–Kier alpha value is -2.14. The predicted molar refractivity (Wildman–Crippen MR) is 103 cm³/mol. The molecule has 1 aromatic carbocycles. The molecule has 5 nitrogen and oxygen atoms in total. The molecular formula is C21H27N3O2. The Morgan fingerprint density at radius 1 is 1.27 bits per heavy atom. The third-order valence-electron chi connectivity index (χ3n) is 6.34. The van der Waals surface area contributed by atoms with Crippen LogP contribution in [0.4, 0.5) is 5.82 Å². The van der Waals surface area contributed by atoms with E-state index in [4.69, 9.17) is 4.98 Å². The van der Waals surface area contributed by atoms with Crippen LogP contribution in [0.25, 0.3) is 10.9 Å². The second-order valence-corrected chi connectivity index (χ2v) is 7.94. The van der Waals surface area contributed by atoms with Crippen molar-refractivity contribution in [1.29, 1.82) is 0 Å². The molecule has 2 fully saturated rings. The van der Waals surface area contributed by atoms with E-state index in [9.17, 15) is 9.90 Å². The van der Waals surface area contributed by atoms with Crippen molar-refractivity contribution in [2.24, 2.45) is 5.41 Å². The summed E-state index contributed by atoms with van der Waals surface area (Å²) in [5.74, 6) is 0.902. The number of pyridine rings is 1. The minimum absolute atomic E-state index is 0.00881. The monoisotopic (exact) mass is 353 g/mol. The lowest BCUT2D eigenvalue weighted by Gasteiger charge is -2.47. The van der Waals surface area contributed by atoms with Gasteiger partial charge in [-0.15, -0.1) is 0 Å². The molecule has 2 aromatic rings. The Balaban J connectivity index is 1.75. The van der Waals surface area contributed by atoms with Gasteiger partial charge in [-0.05, 0) is 62.8 Å². The lowest BCUT2D eigenvalue weighted by molar-refractivity contribution is -0.142. The Bertz CT molecular complexity index is 879. The van der Waals surface area contributed by atoms with Gasteiger partial charge >= 0.3 is 0 Å². The van der Waals surface area contributed by atoms with Gasteiger partial charge in [-0.25, -0.2) is 4.98 Å². The lowest BCUT2D eigenvalue weighted by Crippen LogP contribution is -2.61. The summed E-state index contributed by atoms with van der Waals surface area (Å²) in [6.45, 7) is 8.30. The number of carbonyl (C=O) groups excluding carboxylic acids is 1. The van der Waals surface area contributed by atoms with Crippen LogP contribution in [0.2, 0.25) is 0 Å². The maximum Gasteiger partial charge on any atom is 0.230 e. The molecule has 1 amide bonds. The zero-order valence-corrected chi connectivity index (χ0v) is 15.8. The van der Waals surface area contributed by atoms with E-state index in [1.807, 2.05) is 0 Å². The summed E-state index contributed by atoms with van der Waals surface area (Å²) in [7, 11) is 0. The van der Waals surface area contributed by atoms with Crippen LogP contribution >= 0.6 is 0 Å². The zero-order chi connectivity index (χ0) is 18.5. The van der Waals surface area contributed by atoms with Crippen LogP contribution in [-0.4, -0.2) is 41.7 Å². The number of nitrogens with zero attached hydrogens (tertiary/aromatic N) is 2. The molecule has 1 spiro atoms. The van der Waals surface area contributed by atoms with Crippen molar-refractivity contribution in [3.63, 3.8) is 0 Å². The van der Waals surface area contributed by atoms with Crippen LogP contribution in [0.1, 0.15) is 36.0 Å². The number of hydrogen-bond acceptors (Lipinski definition) is 4. The maximum atomic E-state index is 12.6. The van der Waals surface area contributed by atoms with E-state index in [1.54, 1.807) is 0 Å². The summed E-state index contributed by atoms with van der Waals surface area (Å²) in [6.07, 6.45) is 1.67. The van der Waals surface area contributed by atoms with Crippen molar-refractivity contribution in [2.75, 3.05) is 24.5 Å². The van der Waals surface area contributed by atoms with Crippen molar-refractivity contribution in [3.8, 4) is 0 Å². The summed E-state index contributed by atoms with van der Waals surface area (Å²) in [5, 5.41) is 14.8. The molecule has 138 valence electrons. The molecule has 26 heavy (non-hydrogen) atoms. The van der Waals surface area contributed by atoms with Crippen LogP contribution in [0.5, 0.6) is 0 Å². The molecule has 5 heteroatoms. The number of hydrogen-bond donors (Lipinski definition) is 2. The number of nitrogens with one attached hydrogen (secondary N) is 1. The van der Waals surface area contributed by atoms with E-state index in [1.165, 1.54) is 22.1 Å². The number of carbonyl (C=O) groups is 1. The molecule has 2 saturated heterocycles. The molecule has 2 aliphatic rings. The topological polar surface area (TPSA) is 65.5 Å². The lowest BCUT2D eigenvalue weighted by atomic mass is 9.71. The molecule has 3 heterocycles. The highest BCUT2D eigenvalue weighted by molar-refractivity contribution is 5.88. The fourth-order valence-electron chi connectivity index (χ4n) is 4.48. The summed E-state index contributed by atoms with van der Waals surface area (Å²) in [6, 6.07) is 6.40. The van der Waals surface area contributed by atoms with Gasteiger partial charge in [-0.1, -0.05) is 12.1 Å². The molecular weight excluding hydrogens is 326 g/mol. The first-order valence-electron chi connectivity index (χ1n) is 9.51. The van der Waals surface area contributed by atoms with Crippen molar-refractivity contribution in [3.05, 3.63) is 34.9 Å². The molecule has 2 N–H and O–H groups in total. The van der Waals surface area contributed by atoms with Crippen molar-refractivity contribution in [1.82, 2.24) is 10.3 Å². The van der Waals surface area contributed by atoms with Gasteiger partial charge in [-0.3, -0.25) is 4.79 Å². The number of aromatic nitrogens is 1. The van der Waals surface area contributed by atoms with Crippen molar-refractivity contribution < 1.29 is 9.90 Å². The number of rotatable bonds is 1. The fraction of sp³-hybridized carbons (Fsp3) is 0.524. The molecule has 0 saturated carbocycles. The number of fused-ring (bicyclic) bond motifs is 1.